The minimum absolute atomic E-state index is 0.544. The molecule has 0 fully saturated rings. The Balaban J connectivity index is 2.04. The number of rotatable bonds is 3. The molecule has 0 aliphatic carbocycles. The van der Waals surface area contributed by atoms with Gasteiger partial charge < -0.3 is 4.74 Å². The second-order valence-corrected chi connectivity index (χ2v) is 5.13. The molecule has 0 amide bonds. The first kappa shape index (κ1) is 12.5. The van der Waals surface area contributed by atoms with E-state index in [4.69, 9.17) is 16.3 Å². The van der Waals surface area contributed by atoms with Crippen LogP contribution in [0.5, 0.6) is 5.75 Å². The fourth-order valence-corrected chi connectivity index (χ4v) is 2.20. The molecule has 17 heavy (non-hydrogen) atoms. The van der Waals surface area contributed by atoms with Gasteiger partial charge in [0.25, 0.3) is 0 Å². The Morgan fingerprint density at radius 1 is 1.12 bits per heavy atom. The summed E-state index contributed by atoms with van der Waals surface area (Å²) in [6.45, 7) is 2.61. The van der Waals surface area contributed by atoms with Crippen molar-refractivity contribution in [3.63, 3.8) is 0 Å². The number of aryl methyl sites for hydroxylation is 1. The van der Waals surface area contributed by atoms with Crippen LogP contribution in [0.25, 0.3) is 0 Å². The van der Waals surface area contributed by atoms with Gasteiger partial charge in [0.1, 0.15) is 12.4 Å². The Kier molecular flexibility index (Phi) is 4.08. The molecule has 0 atom stereocenters. The molecule has 1 nitrogen and oxygen atoms in total. The molecule has 0 aliphatic rings. The summed E-state index contributed by atoms with van der Waals surface area (Å²) in [4.78, 5) is 0. The summed E-state index contributed by atoms with van der Waals surface area (Å²) in [5.41, 5.74) is 2.36. The molecule has 88 valence electrons. The van der Waals surface area contributed by atoms with Gasteiger partial charge in [-0.25, -0.2) is 0 Å². The molecule has 0 aromatic heterocycles. The van der Waals surface area contributed by atoms with Crippen LogP contribution in [-0.2, 0) is 6.61 Å². The lowest BCUT2D eigenvalue weighted by Gasteiger charge is -2.08. The monoisotopic (exact) mass is 310 g/mol. The molecule has 0 bridgehead atoms. The second kappa shape index (κ2) is 5.56. The van der Waals surface area contributed by atoms with Gasteiger partial charge in [0.2, 0.25) is 0 Å². The lowest BCUT2D eigenvalue weighted by molar-refractivity contribution is 0.305. The highest BCUT2D eigenvalue weighted by molar-refractivity contribution is 9.10. The summed E-state index contributed by atoms with van der Waals surface area (Å²) in [6.07, 6.45) is 0. The number of benzene rings is 2. The van der Waals surface area contributed by atoms with Crippen molar-refractivity contribution in [1.29, 1.82) is 0 Å². The Labute approximate surface area is 115 Å². The number of hydrogen-bond donors (Lipinski definition) is 0. The van der Waals surface area contributed by atoms with Gasteiger partial charge in [0.15, 0.2) is 0 Å². The van der Waals surface area contributed by atoms with Gasteiger partial charge in [-0.05, 0) is 42.8 Å². The quantitative estimate of drug-likeness (QED) is 0.776. The standard InChI is InChI=1S/C14H12BrClO/c1-10-2-3-11(14(15)8-10)9-17-13-6-4-12(16)5-7-13/h2-8H,9H2,1H3. The first-order valence-corrected chi connectivity index (χ1v) is 6.45. The Morgan fingerprint density at radius 2 is 1.82 bits per heavy atom. The molecule has 0 radical (unpaired) electrons. The van der Waals surface area contributed by atoms with Gasteiger partial charge in [-0.3, -0.25) is 0 Å². The van der Waals surface area contributed by atoms with Crippen molar-refractivity contribution in [2.75, 3.05) is 0 Å². The molecule has 0 heterocycles. The first-order valence-electron chi connectivity index (χ1n) is 5.28. The first-order chi connectivity index (χ1) is 8.15. The largest absolute Gasteiger partial charge is 0.489 e. The molecular weight excluding hydrogens is 300 g/mol. The Bertz CT molecular complexity index is 508. The molecule has 3 heteroatoms. The molecule has 2 aromatic rings. The summed E-state index contributed by atoms with van der Waals surface area (Å²) < 4.78 is 6.75. The molecule has 0 unspecified atom stereocenters. The summed E-state index contributed by atoms with van der Waals surface area (Å²) in [5.74, 6) is 0.821. The maximum absolute atomic E-state index is 5.81. The highest BCUT2D eigenvalue weighted by Crippen LogP contribution is 2.21. The minimum atomic E-state index is 0.544. The zero-order valence-electron chi connectivity index (χ0n) is 9.41. The lowest BCUT2D eigenvalue weighted by Crippen LogP contribution is -1.96. The third kappa shape index (κ3) is 3.48. The van der Waals surface area contributed by atoms with Crippen molar-refractivity contribution in [3.05, 3.63) is 63.1 Å². The van der Waals surface area contributed by atoms with Crippen LogP contribution in [0.3, 0.4) is 0 Å². The van der Waals surface area contributed by atoms with E-state index in [0.29, 0.717) is 11.6 Å². The third-order valence-electron chi connectivity index (χ3n) is 2.42. The fourth-order valence-electron chi connectivity index (χ4n) is 1.46. The summed E-state index contributed by atoms with van der Waals surface area (Å²) in [6, 6.07) is 13.6. The summed E-state index contributed by atoms with van der Waals surface area (Å²) in [7, 11) is 0. The second-order valence-electron chi connectivity index (χ2n) is 3.84. The van der Waals surface area contributed by atoms with Crippen LogP contribution in [0.1, 0.15) is 11.1 Å². The van der Waals surface area contributed by atoms with Crippen LogP contribution in [0.2, 0.25) is 5.02 Å². The van der Waals surface area contributed by atoms with E-state index in [-0.39, 0.29) is 0 Å². The predicted octanol–water partition coefficient (Wildman–Crippen LogP) is 4.99. The van der Waals surface area contributed by atoms with Crippen molar-refractivity contribution in [2.45, 2.75) is 13.5 Å². The zero-order chi connectivity index (χ0) is 12.3. The van der Waals surface area contributed by atoms with Crippen LogP contribution in [0, 0.1) is 6.92 Å². The van der Waals surface area contributed by atoms with Gasteiger partial charge in [-0.2, -0.15) is 0 Å². The average Bonchev–Trinajstić information content (AvgIpc) is 2.30. The average molecular weight is 312 g/mol. The molecular formula is C14H12BrClO. The summed E-state index contributed by atoms with van der Waals surface area (Å²) >= 11 is 9.34. The van der Waals surface area contributed by atoms with Gasteiger partial charge in [-0.1, -0.05) is 39.7 Å². The molecule has 2 rings (SSSR count). The smallest absolute Gasteiger partial charge is 0.119 e. The molecule has 0 saturated carbocycles. The van der Waals surface area contributed by atoms with E-state index in [0.717, 1.165) is 15.8 Å². The van der Waals surface area contributed by atoms with E-state index in [9.17, 15) is 0 Å². The molecule has 0 aliphatic heterocycles. The van der Waals surface area contributed by atoms with E-state index < -0.39 is 0 Å². The third-order valence-corrected chi connectivity index (χ3v) is 3.41. The highest BCUT2D eigenvalue weighted by atomic mass is 79.9. The van der Waals surface area contributed by atoms with E-state index in [2.05, 4.69) is 41.1 Å². The highest BCUT2D eigenvalue weighted by Gasteiger charge is 2.01. The number of hydrogen-bond acceptors (Lipinski definition) is 1. The topological polar surface area (TPSA) is 9.23 Å². The van der Waals surface area contributed by atoms with Gasteiger partial charge in [-0.15, -0.1) is 0 Å². The van der Waals surface area contributed by atoms with E-state index in [1.165, 1.54) is 5.56 Å². The maximum Gasteiger partial charge on any atom is 0.119 e. The van der Waals surface area contributed by atoms with Crippen LogP contribution >= 0.6 is 27.5 Å². The molecule has 0 spiro atoms. The molecule has 0 saturated heterocycles. The Morgan fingerprint density at radius 3 is 2.47 bits per heavy atom. The van der Waals surface area contributed by atoms with E-state index in [1.807, 2.05) is 24.3 Å². The van der Waals surface area contributed by atoms with Crippen molar-refractivity contribution in [1.82, 2.24) is 0 Å². The molecule has 2 aromatic carbocycles. The van der Waals surface area contributed by atoms with E-state index in [1.54, 1.807) is 0 Å². The zero-order valence-corrected chi connectivity index (χ0v) is 11.8. The summed E-state index contributed by atoms with van der Waals surface area (Å²) in [5, 5.41) is 0.717. The minimum Gasteiger partial charge on any atom is -0.489 e. The SMILES string of the molecule is Cc1ccc(COc2ccc(Cl)cc2)c(Br)c1. The van der Waals surface area contributed by atoms with Crippen molar-refractivity contribution < 1.29 is 4.74 Å². The van der Waals surface area contributed by atoms with Crippen molar-refractivity contribution in [3.8, 4) is 5.75 Å². The number of halogens is 2. The normalized spacial score (nSPS) is 10.3. The van der Waals surface area contributed by atoms with Crippen molar-refractivity contribution in [2.24, 2.45) is 0 Å². The molecule has 0 N–H and O–H groups in total. The van der Waals surface area contributed by atoms with E-state index >= 15 is 0 Å². The van der Waals surface area contributed by atoms with Crippen LogP contribution in [-0.4, -0.2) is 0 Å². The van der Waals surface area contributed by atoms with Crippen molar-refractivity contribution >= 4 is 27.5 Å². The van der Waals surface area contributed by atoms with Crippen LogP contribution in [0.4, 0.5) is 0 Å². The number of ether oxygens (including phenoxy) is 1. The van der Waals surface area contributed by atoms with Gasteiger partial charge in [0.05, 0.1) is 0 Å². The Hall–Kier alpha value is -0.990. The lowest BCUT2D eigenvalue weighted by atomic mass is 10.2. The van der Waals surface area contributed by atoms with Gasteiger partial charge in [0, 0.05) is 15.1 Å². The van der Waals surface area contributed by atoms with Crippen LogP contribution < -0.4 is 4.74 Å². The fraction of sp³-hybridized carbons (Fsp3) is 0.143. The maximum atomic E-state index is 5.81. The van der Waals surface area contributed by atoms with Gasteiger partial charge >= 0.3 is 0 Å². The predicted molar refractivity (Wildman–Crippen MR) is 74.7 cm³/mol. The van der Waals surface area contributed by atoms with Crippen LogP contribution in [0.15, 0.2) is 46.9 Å².